The summed E-state index contributed by atoms with van der Waals surface area (Å²) in [5, 5.41) is 3.91. The molecule has 1 aromatic carbocycles. The zero-order chi connectivity index (χ0) is 17.6. The second kappa shape index (κ2) is 8.89. The summed E-state index contributed by atoms with van der Waals surface area (Å²) in [7, 11) is 0. The Hall–Kier alpha value is -1.28. The van der Waals surface area contributed by atoms with Crippen molar-refractivity contribution in [1.29, 1.82) is 0 Å². The van der Waals surface area contributed by atoms with E-state index in [1.165, 1.54) is 80.4 Å². The van der Waals surface area contributed by atoms with Gasteiger partial charge in [0.15, 0.2) is 0 Å². The third-order valence-electron chi connectivity index (χ3n) is 6.19. The third-order valence-corrected chi connectivity index (χ3v) is 6.19. The molecule has 0 radical (unpaired) electrons. The van der Waals surface area contributed by atoms with Gasteiger partial charge in [-0.15, -0.1) is 0 Å². The first kappa shape index (κ1) is 18.5. The van der Waals surface area contributed by atoms with Gasteiger partial charge in [0.25, 0.3) is 0 Å². The van der Waals surface area contributed by atoms with Crippen LogP contribution in [0.25, 0.3) is 5.57 Å². The second-order valence-corrected chi connectivity index (χ2v) is 7.91. The molecule has 2 atom stereocenters. The SMILES string of the molecule is C=C1CCc2cc(NC3CCCCC3N(CC)CCCCC)ccc21. The molecule has 0 amide bonds. The molecule has 1 saturated carbocycles. The number of hydrogen-bond acceptors (Lipinski definition) is 2. The highest BCUT2D eigenvalue weighted by Crippen LogP contribution is 2.33. The Labute approximate surface area is 154 Å². The van der Waals surface area contributed by atoms with Crippen LogP contribution in [0.1, 0.15) is 76.3 Å². The molecule has 0 spiro atoms. The van der Waals surface area contributed by atoms with E-state index in [2.05, 4.69) is 48.8 Å². The summed E-state index contributed by atoms with van der Waals surface area (Å²) in [5.74, 6) is 0. The highest BCUT2D eigenvalue weighted by Gasteiger charge is 2.29. The molecule has 0 aliphatic heterocycles. The average Bonchev–Trinajstić information content (AvgIpc) is 3.00. The summed E-state index contributed by atoms with van der Waals surface area (Å²) in [6.45, 7) is 11.3. The van der Waals surface area contributed by atoms with Crippen LogP contribution in [0.15, 0.2) is 24.8 Å². The summed E-state index contributed by atoms with van der Waals surface area (Å²) in [4.78, 5) is 2.74. The number of rotatable bonds is 8. The molecular weight excluding hydrogens is 304 g/mol. The fourth-order valence-electron chi connectivity index (χ4n) is 4.71. The number of nitrogens with one attached hydrogen (secondary N) is 1. The van der Waals surface area contributed by atoms with Crippen molar-refractivity contribution in [3.8, 4) is 0 Å². The molecular formula is C23H36N2. The minimum Gasteiger partial charge on any atom is -0.381 e. The van der Waals surface area contributed by atoms with E-state index in [4.69, 9.17) is 0 Å². The minimum atomic E-state index is 0.595. The number of likely N-dealkylation sites (N-methyl/N-ethyl adjacent to an activating group) is 1. The molecule has 0 aromatic heterocycles. The van der Waals surface area contributed by atoms with Crippen LogP contribution in [-0.4, -0.2) is 30.1 Å². The van der Waals surface area contributed by atoms with Crippen molar-refractivity contribution in [3.63, 3.8) is 0 Å². The molecule has 3 rings (SSSR count). The molecule has 25 heavy (non-hydrogen) atoms. The van der Waals surface area contributed by atoms with E-state index in [0.717, 1.165) is 12.8 Å². The zero-order valence-corrected chi connectivity index (χ0v) is 16.3. The standard InChI is InChI=1S/C23H36N2/c1-4-6-9-16-25(5-2)23-11-8-7-10-22(23)24-20-14-15-21-18(3)12-13-19(21)17-20/h14-15,17,22-24H,3-13,16H2,1-2H3. The molecule has 2 unspecified atom stereocenters. The Morgan fingerprint density at radius 3 is 2.76 bits per heavy atom. The van der Waals surface area contributed by atoms with E-state index in [1.807, 2.05) is 0 Å². The van der Waals surface area contributed by atoms with Crippen molar-refractivity contribution in [2.45, 2.75) is 83.7 Å². The summed E-state index contributed by atoms with van der Waals surface area (Å²) in [5.41, 5.74) is 5.50. The summed E-state index contributed by atoms with van der Waals surface area (Å²) in [6, 6.07) is 8.22. The van der Waals surface area contributed by atoms with Crippen LogP contribution in [0.5, 0.6) is 0 Å². The Bertz CT molecular complexity index is 577. The lowest BCUT2D eigenvalue weighted by Gasteiger charge is -2.40. The Kier molecular flexibility index (Phi) is 6.58. The lowest BCUT2D eigenvalue weighted by molar-refractivity contribution is 0.148. The summed E-state index contributed by atoms with van der Waals surface area (Å²) < 4.78 is 0. The van der Waals surface area contributed by atoms with Gasteiger partial charge in [-0.25, -0.2) is 0 Å². The number of hydrogen-bond donors (Lipinski definition) is 1. The van der Waals surface area contributed by atoms with Gasteiger partial charge < -0.3 is 5.32 Å². The van der Waals surface area contributed by atoms with Crippen LogP contribution in [0, 0.1) is 0 Å². The number of unbranched alkanes of at least 4 members (excludes halogenated alkanes) is 2. The highest BCUT2D eigenvalue weighted by molar-refractivity contribution is 5.73. The van der Waals surface area contributed by atoms with Crippen LogP contribution in [0.4, 0.5) is 5.69 Å². The molecule has 0 saturated heterocycles. The zero-order valence-electron chi connectivity index (χ0n) is 16.3. The number of benzene rings is 1. The molecule has 1 aromatic rings. The van der Waals surface area contributed by atoms with Crippen molar-refractivity contribution in [2.75, 3.05) is 18.4 Å². The van der Waals surface area contributed by atoms with E-state index >= 15 is 0 Å². The smallest absolute Gasteiger partial charge is 0.0416 e. The average molecular weight is 341 g/mol. The van der Waals surface area contributed by atoms with Gasteiger partial charge in [0.2, 0.25) is 0 Å². The Morgan fingerprint density at radius 2 is 1.96 bits per heavy atom. The Morgan fingerprint density at radius 1 is 1.12 bits per heavy atom. The summed E-state index contributed by atoms with van der Waals surface area (Å²) in [6.07, 6.45) is 11.7. The molecule has 1 fully saturated rings. The van der Waals surface area contributed by atoms with Crippen LogP contribution in [0.2, 0.25) is 0 Å². The number of allylic oxidation sites excluding steroid dienone is 1. The van der Waals surface area contributed by atoms with Gasteiger partial charge in [-0.2, -0.15) is 0 Å². The topological polar surface area (TPSA) is 15.3 Å². The molecule has 0 bridgehead atoms. The van der Waals surface area contributed by atoms with E-state index < -0.39 is 0 Å². The molecule has 1 N–H and O–H groups in total. The molecule has 138 valence electrons. The predicted molar refractivity (Wildman–Crippen MR) is 110 cm³/mol. The lowest BCUT2D eigenvalue weighted by Crippen LogP contribution is -2.49. The van der Waals surface area contributed by atoms with Crippen LogP contribution < -0.4 is 5.32 Å². The Balaban J connectivity index is 1.67. The van der Waals surface area contributed by atoms with Gasteiger partial charge in [-0.3, -0.25) is 4.90 Å². The van der Waals surface area contributed by atoms with Crippen molar-refractivity contribution >= 4 is 11.3 Å². The largest absolute Gasteiger partial charge is 0.381 e. The molecule has 2 nitrogen and oxygen atoms in total. The van der Waals surface area contributed by atoms with Crippen molar-refractivity contribution in [3.05, 3.63) is 35.9 Å². The quantitative estimate of drug-likeness (QED) is 0.594. The molecule has 2 aliphatic carbocycles. The molecule has 0 heterocycles. The van der Waals surface area contributed by atoms with Crippen molar-refractivity contribution < 1.29 is 0 Å². The first-order valence-electron chi connectivity index (χ1n) is 10.5. The monoisotopic (exact) mass is 340 g/mol. The number of aryl methyl sites for hydroxylation is 1. The number of nitrogens with zero attached hydrogens (tertiary/aromatic N) is 1. The summed E-state index contributed by atoms with van der Waals surface area (Å²) >= 11 is 0. The van der Waals surface area contributed by atoms with Gasteiger partial charge in [0, 0.05) is 17.8 Å². The molecule has 2 aliphatic rings. The van der Waals surface area contributed by atoms with Crippen LogP contribution in [-0.2, 0) is 6.42 Å². The van der Waals surface area contributed by atoms with E-state index in [0.29, 0.717) is 12.1 Å². The third kappa shape index (κ3) is 4.47. The fourth-order valence-corrected chi connectivity index (χ4v) is 4.71. The first-order chi connectivity index (χ1) is 12.2. The molecule has 2 heteroatoms. The first-order valence-corrected chi connectivity index (χ1v) is 10.5. The normalized spacial score (nSPS) is 23.1. The second-order valence-electron chi connectivity index (χ2n) is 7.91. The predicted octanol–water partition coefficient (Wildman–Crippen LogP) is 5.88. The van der Waals surface area contributed by atoms with Crippen molar-refractivity contribution in [2.24, 2.45) is 0 Å². The van der Waals surface area contributed by atoms with Crippen LogP contribution >= 0.6 is 0 Å². The van der Waals surface area contributed by atoms with E-state index in [9.17, 15) is 0 Å². The van der Waals surface area contributed by atoms with Crippen molar-refractivity contribution in [1.82, 2.24) is 4.90 Å². The van der Waals surface area contributed by atoms with Gasteiger partial charge in [-0.1, -0.05) is 52.2 Å². The maximum Gasteiger partial charge on any atom is 0.0416 e. The van der Waals surface area contributed by atoms with Gasteiger partial charge >= 0.3 is 0 Å². The highest BCUT2D eigenvalue weighted by atomic mass is 15.2. The van der Waals surface area contributed by atoms with Gasteiger partial charge in [-0.05, 0) is 74.0 Å². The maximum atomic E-state index is 4.20. The number of anilines is 1. The lowest BCUT2D eigenvalue weighted by atomic mass is 9.88. The van der Waals surface area contributed by atoms with E-state index in [1.54, 1.807) is 0 Å². The number of fused-ring (bicyclic) bond motifs is 1. The minimum absolute atomic E-state index is 0.595. The van der Waals surface area contributed by atoms with Gasteiger partial charge in [0.05, 0.1) is 0 Å². The van der Waals surface area contributed by atoms with E-state index in [-0.39, 0.29) is 0 Å². The maximum absolute atomic E-state index is 4.20. The van der Waals surface area contributed by atoms with Crippen LogP contribution in [0.3, 0.4) is 0 Å². The van der Waals surface area contributed by atoms with Gasteiger partial charge in [0.1, 0.15) is 0 Å². The fraction of sp³-hybridized carbons (Fsp3) is 0.652.